The van der Waals surface area contributed by atoms with Gasteiger partial charge in [0.15, 0.2) is 0 Å². The molecule has 0 saturated carbocycles. The Hall–Kier alpha value is -1.28. The third-order valence-corrected chi connectivity index (χ3v) is 3.22. The van der Waals surface area contributed by atoms with Crippen molar-refractivity contribution in [1.82, 2.24) is 0 Å². The summed E-state index contributed by atoms with van der Waals surface area (Å²) in [7, 11) is 0. The summed E-state index contributed by atoms with van der Waals surface area (Å²) in [5, 5.41) is 10.0. The van der Waals surface area contributed by atoms with E-state index in [1.165, 1.54) is 0 Å². The lowest BCUT2D eigenvalue weighted by molar-refractivity contribution is -0.143. The maximum atomic E-state index is 12.8. The minimum Gasteiger partial charge on any atom is -0.391 e. The Morgan fingerprint density at radius 2 is 1.23 bits per heavy atom. The summed E-state index contributed by atoms with van der Waals surface area (Å²) in [6.45, 7) is 4.74. The first kappa shape index (κ1) is 18.8. The van der Waals surface area contributed by atoms with Gasteiger partial charge >= 0.3 is 12.4 Å². The average molecular weight is 329 g/mol. The van der Waals surface area contributed by atoms with Gasteiger partial charge in [-0.05, 0) is 29.2 Å². The fourth-order valence-electron chi connectivity index (χ4n) is 1.89. The van der Waals surface area contributed by atoms with Crippen LogP contribution in [-0.2, 0) is 12.4 Å². The Labute approximate surface area is 123 Å². The van der Waals surface area contributed by atoms with Gasteiger partial charge in [-0.3, -0.25) is 0 Å². The van der Waals surface area contributed by atoms with Gasteiger partial charge in [-0.1, -0.05) is 20.8 Å². The zero-order chi connectivity index (χ0) is 17.5. The smallest absolute Gasteiger partial charge is 0.391 e. The third kappa shape index (κ3) is 4.36. The van der Waals surface area contributed by atoms with Crippen molar-refractivity contribution in [1.29, 1.82) is 0 Å². The number of halogens is 6. The Morgan fingerprint density at radius 1 is 0.864 bits per heavy atom. The molecule has 1 rings (SSSR count). The van der Waals surface area contributed by atoms with E-state index in [1.807, 2.05) is 0 Å². The van der Waals surface area contributed by atoms with Gasteiger partial charge in [0, 0.05) is 0 Å². The van der Waals surface area contributed by atoms with Crippen molar-refractivity contribution in [2.75, 3.05) is 0 Å². The SMILES string of the molecule is CC(C)(C)[C@@H](O)[C@@H](N)c1cc(C(F)(F)F)cc(C(F)(F)F)c1. The molecule has 0 amide bonds. The Bertz CT molecular complexity index is 497. The van der Waals surface area contributed by atoms with Crippen molar-refractivity contribution in [2.45, 2.75) is 45.3 Å². The monoisotopic (exact) mass is 329 g/mol. The number of rotatable bonds is 2. The number of alkyl halides is 6. The summed E-state index contributed by atoms with van der Waals surface area (Å²) in [5.41, 5.74) is 1.55. The highest BCUT2D eigenvalue weighted by molar-refractivity contribution is 5.35. The molecular weight excluding hydrogens is 312 g/mol. The molecule has 0 saturated heterocycles. The van der Waals surface area contributed by atoms with E-state index >= 15 is 0 Å². The highest BCUT2D eigenvalue weighted by Crippen LogP contribution is 2.38. The summed E-state index contributed by atoms with van der Waals surface area (Å²) in [4.78, 5) is 0. The van der Waals surface area contributed by atoms with Gasteiger partial charge in [0.25, 0.3) is 0 Å². The fraction of sp³-hybridized carbons (Fsp3) is 0.571. The summed E-state index contributed by atoms with van der Waals surface area (Å²) in [6.07, 6.45) is -11.2. The minimum absolute atomic E-state index is 0.0275. The highest BCUT2D eigenvalue weighted by Gasteiger charge is 2.38. The van der Waals surface area contributed by atoms with Gasteiger partial charge in [0.1, 0.15) is 0 Å². The van der Waals surface area contributed by atoms with E-state index in [2.05, 4.69) is 0 Å². The normalized spacial score (nSPS) is 16.5. The number of hydrogen-bond acceptors (Lipinski definition) is 2. The van der Waals surface area contributed by atoms with Crippen molar-refractivity contribution < 1.29 is 31.4 Å². The lowest BCUT2D eigenvalue weighted by atomic mass is 9.82. The molecule has 0 radical (unpaired) electrons. The van der Waals surface area contributed by atoms with Crippen LogP contribution in [0.3, 0.4) is 0 Å². The molecule has 1 aromatic rings. The minimum atomic E-state index is -4.94. The molecule has 0 bridgehead atoms. The number of hydrogen-bond donors (Lipinski definition) is 2. The van der Waals surface area contributed by atoms with E-state index in [9.17, 15) is 31.4 Å². The molecule has 126 valence electrons. The maximum absolute atomic E-state index is 12.8. The summed E-state index contributed by atoms with van der Waals surface area (Å²) < 4.78 is 76.6. The van der Waals surface area contributed by atoms with Gasteiger partial charge < -0.3 is 10.8 Å². The van der Waals surface area contributed by atoms with Crippen molar-refractivity contribution in [3.05, 3.63) is 34.9 Å². The quantitative estimate of drug-likeness (QED) is 0.802. The molecule has 1 aromatic carbocycles. The van der Waals surface area contributed by atoms with Crippen molar-refractivity contribution in [2.24, 2.45) is 11.1 Å². The van der Waals surface area contributed by atoms with Crippen molar-refractivity contribution >= 4 is 0 Å². The van der Waals surface area contributed by atoms with E-state index in [0.717, 1.165) is 0 Å². The topological polar surface area (TPSA) is 46.2 Å². The predicted octanol–water partition coefficient (Wildman–Crippen LogP) is 4.13. The van der Waals surface area contributed by atoms with Crippen LogP contribution in [0.1, 0.15) is 43.5 Å². The number of aliphatic hydroxyl groups is 1. The zero-order valence-corrected chi connectivity index (χ0v) is 12.2. The highest BCUT2D eigenvalue weighted by atomic mass is 19.4. The van der Waals surface area contributed by atoms with Crippen LogP contribution in [0.15, 0.2) is 18.2 Å². The van der Waals surface area contributed by atoms with Gasteiger partial charge in [-0.25, -0.2) is 0 Å². The third-order valence-electron chi connectivity index (χ3n) is 3.22. The van der Waals surface area contributed by atoms with Crippen molar-refractivity contribution in [3.8, 4) is 0 Å². The molecular formula is C14H17F6NO. The molecule has 0 aromatic heterocycles. The second-order valence-corrected chi connectivity index (χ2v) is 6.18. The molecule has 3 N–H and O–H groups in total. The first-order chi connectivity index (χ1) is 9.64. The number of aliphatic hydroxyl groups excluding tert-OH is 1. The first-order valence-electron chi connectivity index (χ1n) is 6.37. The fourth-order valence-corrected chi connectivity index (χ4v) is 1.89. The van der Waals surface area contributed by atoms with E-state index in [1.54, 1.807) is 20.8 Å². The summed E-state index contributed by atoms with van der Waals surface area (Å²) >= 11 is 0. The van der Waals surface area contributed by atoms with Crippen LogP contribution in [0.4, 0.5) is 26.3 Å². The lowest BCUT2D eigenvalue weighted by Gasteiger charge is -2.31. The van der Waals surface area contributed by atoms with E-state index < -0.39 is 46.6 Å². The first-order valence-corrected chi connectivity index (χ1v) is 6.37. The molecule has 22 heavy (non-hydrogen) atoms. The number of benzene rings is 1. The van der Waals surface area contributed by atoms with Crippen LogP contribution in [0, 0.1) is 5.41 Å². The van der Waals surface area contributed by atoms with E-state index in [-0.39, 0.29) is 6.07 Å². The molecule has 0 heterocycles. The summed E-state index contributed by atoms with van der Waals surface area (Å²) in [6, 6.07) is -0.271. The Morgan fingerprint density at radius 3 is 1.50 bits per heavy atom. The average Bonchev–Trinajstić information content (AvgIpc) is 2.33. The zero-order valence-electron chi connectivity index (χ0n) is 12.2. The van der Waals surface area contributed by atoms with E-state index in [4.69, 9.17) is 5.73 Å². The molecule has 8 heteroatoms. The second kappa shape index (κ2) is 5.73. The van der Waals surface area contributed by atoms with Crippen LogP contribution in [0.5, 0.6) is 0 Å². The summed E-state index contributed by atoms with van der Waals surface area (Å²) in [5.74, 6) is 0. The van der Waals surface area contributed by atoms with Crippen LogP contribution >= 0.6 is 0 Å². The molecule has 2 atom stereocenters. The molecule has 2 nitrogen and oxygen atoms in total. The molecule has 0 aliphatic heterocycles. The molecule has 0 spiro atoms. The lowest BCUT2D eigenvalue weighted by Crippen LogP contribution is -2.37. The van der Waals surface area contributed by atoms with Crippen LogP contribution in [-0.4, -0.2) is 11.2 Å². The van der Waals surface area contributed by atoms with Gasteiger partial charge in [-0.15, -0.1) is 0 Å². The van der Waals surface area contributed by atoms with Crippen LogP contribution < -0.4 is 5.73 Å². The van der Waals surface area contributed by atoms with Gasteiger partial charge in [0.05, 0.1) is 23.3 Å². The van der Waals surface area contributed by atoms with Crippen LogP contribution in [0.25, 0.3) is 0 Å². The van der Waals surface area contributed by atoms with Gasteiger partial charge in [-0.2, -0.15) is 26.3 Å². The van der Waals surface area contributed by atoms with Crippen LogP contribution in [0.2, 0.25) is 0 Å². The molecule has 0 fully saturated rings. The maximum Gasteiger partial charge on any atom is 0.416 e. The molecule has 0 aliphatic carbocycles. The number of nitrogens with two attached hydrogens (primary N) is 1. The predicted molar refractivity (Wildman–Crippen MR) is 68.8 cm³/mol. The Kier molecular flexibility index (Phi) is 4.89. The Balaban J connectivity index is 3.42. The largest absolute Gasteiger partial charge is 0.416 e. The van der Waals surface area contributed by atoms with Crippen molar-refractivity contribution in [3.63, 3.8) is 0 Å². The molecule has 0 unspecified atom stereocenters. The standard InChI is InChI=1S/C14H17F6NO/c1-12(2,3)11(22)10(21)7-4-8(13(15,16)17)6-9(5-7)14(18,19)20/h4-6,10-11,22H,21H2,1-3H3/t10-,11-/m0/s1. The van der Waals surface area contributed by atoms with Gasteiger partial charge in [0.2, 0.25) is 0 Å². The molecule has 0 aliphatic rings. The van der Waals surface area contributed by atoms with E-state index in [0.29, 0.717) is 12.1 Å². The second-order valence-electron chi connectivity index (χ2n) is 6.18.